The van der Waals surface area contributed by atoms with Gasteiger partial charge in [0.05, 0.1) is 11.3 Å². The molecule has 4 rings (SSSR count). The first-order valence-corrected chi connectivity index (χ1v) is 17.3. The Labute approximate surface area is 266 Å². The molecule has 0 aromatic heterocycles. The van der Waals surface area contributed by atoms with E-state index in [1.165, 1.54) is 18.6 Å². The maximum Gasteiger partial charge on any atom is 0.245 e. The van der Waals surface area contributed by atoms with Crippen LogP contribution < -0.4 is 10.6 Å². The average molecular weight is 615 g/mol. The zero-order valence-corrected chi connectivity index (χ0v) is 28.5. The molecule has 44 heavy (non-hydrogen) atoms. The molecule has 7 nitrogen and oxygen atoms in total. The van der Waals surface area contributed by atoms with Crippen LogP contribution in [0.15, 0.2) is 24.3 Å². The van der Waals surface area contributed by atoms with E-state index in [1.807, 2.05) is 39.5 Å². The molecule has 0 radical (unpaired) electrons. The van der Waals surface area contributed by atoms with Crippen molar-refractivity contribution in [1.82, 2.24) is 20.4 Å². The fraction of sp³-hybridized carbons (Fsp3) is 0.750. The summed E-state index contributed by atoms with van der Waals surface area (Å²) >= 11 is 0. The number of carbonyl (C=O) groups is 3. The number of likely N-dealkylation sites (tertiary alicyclic amines) is 2. The molecule has 0 unspecified atom stereocenters. The van der Waals surface area contributed by atoms with E-state index in [4.69, 9.17) is 0 Å². The smallest absolute Gasteiger partial charge is 0.245 e. The molecule has 8 heteroatoms. The van der Waals surface area contributed by atoms with Gasteiger partial charge in [-0.1, -0.05) is 45.2 Å². The number of halogens is 1. The van der Waals surface area contributed by atoms with Crippen LogP contribution in [0.3, 0.4) is 0 Å². The molecule has 1 aromatic carbocycles. The quantitative estimate of drug-likeness (QED) is 0.371. The van der Waals surface area contributed by atoms with Gasteiger partial charge in [0.2, 0.25) is 17.7 Å². The van der Waals surface area contributed by atoms with E-state index in [0.29, 0.717) is 50.9 Å². The van der Waals surface area contributed by atoms with Crippen molar-refractivity contribution < 1.29 is 18.8 Å². The summed E-state index contributed by atoms with van der Waals surface area (Å²) in [4.78, 5) is 45.6. The fourth-order valence-corrected chi connectivity index (χ4v) is 7.32. The molecular formula is C36H59FN4O3. The Balaban J connectivity index is 0.00000259. The van der Waals surface area contributed by atoms with E-state index >= 15 is 0 Å². The molecule has 2 aliphatic heterocycles. The number of benzene rings is 1. The summed E-state index contributed by atoms with van der Waals surface area (Å²) < 4.78 is 13.6. The van der Waals surface area contributed by atoms with Crippen molar-refractivity contribution >= 4 is 17.7 Å². The summed E-state index contributed by atoms with van der Waals surface area (Å²) in [5.74, 6) is -0.235. The van der Waals surface area contributed by atoms with E-state index in [2.05, 4.69) is 29.4 Å². The van der Waals surface area contributed by atoms with Crippen LogP contribution in [0.5, 0.6) is 0 Å². The maximum absolute atomic E-state index is 14.1. The Morgan fingerprint density at radius 2 is 1.55 bits per heavy atom. The van der Waals surface area contributed by atoms with Crippen molar-refractivity contribution in [3.63, 3.8) is 0 Å². The van der Waals surface area contributed by atoms with Crippen molar-refractivity contribution in [3.05, 3.63) is 35.6 Å². The monoisotopic (exact) mass is 614 g/mol. The lowest BCUT2D eigenvalue weighted by atomic mass is 9.63. The first-order chi connectivity index (χ1) is 20.9. The Bertz CT molecular complexity index is 1070. The van der Waals surface area contributed by atoms with Gasteiger partial charge in [0.1, 0.15) is 11.9 Å². The highest BCUT2D eigenvalue weighted by Crippen LogP contribution is 2.46. The molecule has 248 valence electrons. The van der Waals surface area contributed by atoms with Gasteiger partial charge in [0.25, 0.3) is 0 Å². The van der Waals surface area contributed by atoms with Crippen LogP contribution in [0, 0.1) is 23.1 Å². The molecule has 0 bridgehead atoms. The van der Waals surface area contributed by atoms with E-state index in [9.17, 15) is 18.8 Å². The summed E-state index contributed by atoms with van der Waals surface area (Å²) in [6.07, 6.45) is 8.98. The predicted octanol–water partition coefficient (Wildman–Crippen LogP) is 6.10. The van der Waals surface area contributed by atoms with Gasteiger partial charge in [-0.2, -0.15) is 0 Å². The number of nitrogens with zero attached hydrogens (tertiary/aromatic N) is 2. The molecular weight excluding hydrogens is 555 g/mol. The van der Waals surface area contributed by atoms with Gasteiger partial charge in [-0.3, -0.25) is 14.4 Å². The lowest BCUT2D eigenvalue weighted by Crippen LogP contribution is -2.59. The molecule has 3 aliphatic rings. The number of carbonyl (C=O) groups excluding carboxylic acids is 3. The summed E-state index contributed by atoms with van der Waals surface area (Å²) in [5.41, 5.74) is 0.0175. The Hall–Kier alpha value is -2.48. The first kappa shape index (κ1) is 36.0. The third-order valence-electron chi connectivity index (χ3n) is 9.82. The molecule has 1 aromatic rings. The molecule has 2 N–H and O–H groups in total. The SMILES string of the molecule is CC.CC(C)N1CCC[C@@H](C(=O)N[C@H](Cc2ccc(F)cc2)C(=O)N2CCC(C(=O)NC(C)(C)C)(C3CCCCC3)CC2)C1. The zero-order valence-electron chi connectivity index (χ0n) is 28.5. The molecule has 2 heterocycles. The van der Waals surface area contributed by atoms with Crippen molar-refractivity contribution in [3.8, 4) is 0 Å². The Morgan fingerprint density at radius 3 is 2.11 bits per heavy atom. The standard InChI is InChI=1S/C34H53FN4O3.C2H6/c1-24(2)39-19-9-10-26(23-39)30(40)36-29(22-25-13-15-28(35)16-14-25)31(41)38-20-17-34(18-21-38,27-11-7-6-8-12-27)32(42)37-33(3,4)5;1-2/h13-16,24,26-27,29H,6-12,17-23H2,1-5H3,(H,36,40)(H,37,42);1-2H3/t26-,29-;/m1./s1. The van der Waals surface area contributed by atoms with Gasteiger partial charge in [0.15, 0.2) is 0 Å². The van der Waals surface area contributed by atoms with Crippen LogP contribution in [0.1, 0.15) is 112 Å². The van der Waals surface area contributed by atoms with Crippen molar-refractivity contribution in [2.24, 2.45) is 17.3 Å². The number of hydrogen-bond acceptors (Lipinski definition) is 4. The van der Waals surface area contributed by atoms with Crippen molar-refractivity contribution in [2.75, 3.05) is 26.2 Å². The Kier molecular flexibility index (Phi) is 13.2. The van der Waals surface area contributed by atoms with E-state index < -0.39 is 11.5 Å². The normalized spacial score (nSPS) is 22.0. The van der Waals surface area contributed by atoms with E-state index in [0.717, 1.165) is 50.6 Å². The lowest BCUT2D eigenvalue weighted by molar-refractivity contribution is -0.147. The summed E-state index contributed by atoms with van der Waals surface area (Å²) in [7, 11) is 0. The number of amides is 3. The minimum atomic E-state index is -0.733. The molecule has 2 atom stereocenters. The Morgan fingerprint density at radius 1 is 0.932 bits per heavy atom. The number of hydrogen-bond donors (Lipinski definition) is 2. The van der Waals surface area contributed by atoms with Gasteiger partial charge in [-0.05, 0) is 103 Å². The van der Waals surface area contributed by atoms with Gasteiger partial charge in [0, 0.05) is 37.6 Å². The van der Waals surface area contributed by atoms with Gasteiger partial charge in [-0.15, -0.1) is 0 Å². The summed E-state index contributed by atoms with van der Waals surface area (Å²) in [6, 6.07) is 5.79. The second kappa shape index (κ2) is 16.2. The van der Waals surface area contributed by atoms with Crippen LogP contribution in [-0.4, -0.2) is 71.3 Å². The molecule has 2 saturated heterocycles. The maximum atomic E-state index is 14.1. The van der Waals surface area contributed by atoms with Crippen molar-refractivity contribution in [1.29, 1.82) is 0 Å². The molecule has 0 spiro atoms. The molecule has 3 fully saturated rings. The highest BCUT2D eigenvalue weighted by Gasteiger charge is 2.49. The number of nitrogens with one attached hydrogen (secondary N) is 2. The second-order valence-corrected chi connectivity index (χ2v) is 14.3. The van der Waals surface area contributed by atoms with Crippen LogP contribution in [0.25, 0.3) is 0 Å². The summed E-state index contributed by atoms with van der Waals surface area (Å²) in [5, 5.41) is 6.39. The minimum absolute atomic E-state index is 0.0843. The molecule has 1 aliphatic carbocycles. The molecule has 1 saturated carbocycles. The number of piperidine rings is 2. The minimum Gasteiger partial charge on any atom is -0.351 e. The largest absolute Gasteiger partial charge is 0.351 e. The van der Waals surface area contributed by atoms with Crippen molar-refractivity contribution in [2.45, 2.75) is 130 Å². The number of rotatable bonds is 8. The average Bonchev–Trinajstić information content (AvgIpc) is 3.02. The lowest BCUT2D eigenvalue weighted by Gasteiger charge is -2.48. The zero-order chi connectivity index (χ0) is 32.5. The third kappa shape index (κ3) is 9.51. The second-order valence-electron chi connectivity index (χ2n) is 14.3. The third-order valence-corrected chi connectivity index (χ3v) is 9.82. The van der Waals surface area contributed by atoms with Crippen LogP contribution >= 0.6 is 0 Å². The van der Waals surface area contributed by atoms with Crippen LogP contribution in [0.2, 0.25) is 0 Å². The van der Waals surface area contributed by atoms with E-state index in [1.54, 1.807) is 12.1 Å². The van der Waals surface area contributed by atoms with Crippen LogP contribution in [-0.2, 0) is 20.8 Å². The van der Waals surface area contributed by atoms with Gasteiger partial charge < -0.3 is 20.4 Å². The summed E-state index contributed by atoms with van der Waals surface area (Å²) in [6.45, 7) is 17.0. The fourth-order valence-electron chi connectivity index (χ4n) is 7.32. The van der Waals surface area contributed by atoms with Crippen LogP contribution in [0.4, 0.5) is 4.39 Å². The topological polar surface area (TPSA) is 81.8 Å². The highest BCUT2D eigenvalue weighted by atomic mass is 19.1. The molecule has 3 amide bonds. The highest BCUT2D eigenvalue weighted by molar-refractivity contribution is 5.89. The predicted molar refractivity (Wildman–Crippen MR) is 176 cm³/mol. The van der Waals surface area contributed by atoms with E-state index in [-0.39, 0.29) is 35.0 Å². The first-order valence-electron chi connectivity index (χ1n) is 17.3. The van der Waals surface area contributed by atoms with Gasteiger partial charge in [-0.25, -0.2) is 4.39 Å². The van der Waals surface area contributed by atoms with Gasteiger partial charge >= 0.3 is 0 Å².